The van der Waals surface area contributed by atoms with E-state index in [1.807, 2.05) is 37.2 Å². The molecule has 0 radical (unpaired) electrons. The monoisotopic (exact) mass is 325 g/mol. The second kappa shape index (κ2) is 7.42. The van der Waals surface area contributed by atoms with Crippen molar-refractivity contribution < 1.29 is 9.53 Å². The van der Waals surface area contributed by atoms with Crippen LogP contribution in [-0.2, 0) is 11.2 Å². The summed E-state index contributed by atoms with van der Waals surface area (Å²) in [5, 5.41) is 6.73. The minimum atomic E-state index is -0.433. The Hall–Kier alpha value is -1.14. The van der Waals surface area contributed by atoms with Gasteiger partial charge in [-0.1, -0.05) is 6.92 Å². The lowest BCUT2D eigenvalue weighted by atomic mass is 9.96. The predicted octanol–water partition coefficient (Wildman–Crippen LogP) is 2.92. The maximum absolute atomic E-state index is 12.2. The number of aromatic nitrogens is 1. The van der Waals surface area contributed by atoms with Crippen molar-refractivity contribution in [3.8, 4) is 0 Å². The first-order chi connectivity index (χ1) is 10.4. The normalized spacial score (nSPS) is 20.2. The molecule has 2 heterocycles. The van der Waals surface area contributed by atoms with Crippen LogP contribution in [0.5, 0.6) is 0 Å². The number of carbonyl (C=O) groups excluding carboxylic acids is 1. The maximum atomic E-state index is 12.2. The molecule has 1 aliphatic heterocycles. The summed E-state index contributed by atoms with van der Waals surface area (Å²) < 4.78 is 5.47. The van der Waals surface area contributed by atoms with E-state index in [0.29, 0.717) is 12.0 Å². The molecule has 22 heavy (non-hydrogen) atoms. The van der Waals surface area contributed by atoms with Gasteiger partial charge in [-0.15, -0.1) is 11.3 Å². The van der Waals surface area contributed by atoms with E-state index in [0.717, 1.165) is 37.5 Å². The molecule has 2 atom stereocenters. The average molecular weight is 325 g/mol. The molecule has 0 aromatic carbocycles. The van der Waals surface area contributed by atoms with Gasteiger partial charge in [0.1, 0.15) is 5.60 Å². The Kier molecular flexibility index (Phi) is 5.81. The molecule has 2 rings (SSSR count). The van der Waals surface area contributed by atoms with Crippen molar-refractivity contribution in [2.75, 3.05) is 19.6 Å². The number of carbonyl (C=O) groups is 1. The number of likely N-dealkylation sites (tertiary alicyclic amines) is 1. The lowest BCUT2D eigenvalue weighted by molar-refractivity contribution is 0.0285. The minimum Gasteiger partial charge on any atom is -0.444 e. The molecule has 5 nitrogen and oxygen atoms in total. The summed E-state index contributed by atoms with van der Waals surface area (Å²) in [5.74, 6) is 0.455. The lowest BCUT2D eigenvalue weighted by Gasteiger charge is -2.26. The van der Waals surface area contributed by atoms with Gasteiger partial charge in [-0.05, 0) is 39.7 Å². The Morgan fingerprint density at radius 3 is 2.95 bits per heavy atom. The fourth-order valence-corrected chi connectivity index (χ4v) is 3.49. The molecule has 124 valence electrons. The van der Waals surface area contributed by atoms with Gasteiger partial charge in [0.05, 0.1) is 5.01 Å². The van der Waals surface area contributed by atoms with Crippen molar-refractivity contribution in [1.82, 2.24) is 15.2 Å². The molecule has 0 aliphatic carbocycles. The molecular weight excluding hydrogens is 298 g/mol. The second-order valence-electron chi connectivity index (χ2n) is 6.77. The fourth-order valence-electron chi connectivity index (χ4n) is 2.82. The summed E-state index contributed by atoms with van der Waals surface area (Å²) in [4.78, 5) is 18.4. The van der Waals surface area contributed by atoms with E-state index in [1.54, 1.807) is 11.3 Å². The fraction of sp³-hybridized carbons (Fsp3) is 0.750. The van der Waals surface area contributed by atoms with Crippen LogP contribution in [0.4, 0.5) is 4.79 Å². The van der Waals surface area contributed by atoms with Crippen LogP contribution in [0.25, 0.3) is 0 Å². The van der Waals surface area contributed by atoms with Gasteiger partial charge in [-0.2, -0.15) is 0 Å². The summed E-state index contributed by atoms with van der Waals surface area (Å²) in [6.07, 6.45) is 3.60. The van der Waals surface area contributed by atoms with E-state index in [2.05, 4.69) is 17.2 Å². The first kappa shape index (κ1) is 17.2. The predicted molar refractivity (Wildman–Crippen MR) is 89.2 cm³/mol. The van der Waals surface area contributed by atoms with Crippen LogP contribution in [0.1, 0.15) is 39.1 Å². The maximum Gasteiger partial charge on any atom is 0.410 e. The number of hydrogen-bond donors (Lipinski definition) is 1. The molecule has 2 unspecified atom stereocenters. The smallest absolute Gasteiger partial charge is 0.410 e. The highest BCUT2D eigenvalue weighted by atomic mass is 32.1. The SMILES string of the molecule is CCNC(Cc1nccs1)C1CCN(C(=O)OC(C)(C)C)C1. The number of likely N-dealkylation sites (N-methyl/N-ethyl adjacent to an activating group) is 1. The number of amides is 1. The molecule has 1 fully saturated rings. The van der Waals surface area contributed by atoms with Gasteiger partial charge >= 0.3 is 6.09 Å². The van der Waals surface area contributed by atoms with Crippen LogP contribution >= 0.6 is 11.3 Å². The van der Waals surface area contributed by atoms with Crippen LogP contribution in [-0.4, -0.2) is 47.3 Å². The van der Waals surface area contributed by atoms with Crippen LogP contribution in [0.15, 0.2) is 11.6 Å². The largest absolute Gasteiger partial charge is 0.444 e. The zero-order valence-electron chi connectivity index (χ0n) is 14.0. The number of nitrogens with zero attached hydrogens (tertiary/aromatic N) is 2. The van der Waals surface area contributed by atoms with Gasteiger partial charge in [-0.3, -0.25) is 0 Å². The Balaban J connectivity index is 1.92. The summed E-state index contributed by atoms with van der Waals surface area (Å²) in [7, 11) is 0. The van der Waals surface area contributed by atoms with Crippen molar-refractivity contribution in [3.05, 3.63) is 16.6 Å². The summed E-state index contributed by atoms with van der Waals surface area (Å²) in [6, 6.07) is 0.364. The molecule has 1 aromatic heterocycles. The van der Waals surface area contributed by atoms with Gasteiger partial charge in [0.2, 0.25) is 0 Å². The van der Waals surface area contributed by atoms with E-state index in [9.17, 15) is 4.79 Å². The molecule has 1 amide bonds. The van der Waals surface area contributed by atoms with Crippen LogP contribution < -0.4 is 5.32 Å². The Morgan fingerprint density at radius 2 is 2.36 bits per heavy atom. The quantitative estimate of drug-likeness (QED) is 0.904. The Labute approximate surface area is 137 Å². The zero-order chi connectivity index (χ0) is 16.2. The van der Waals surface area contributed by atoms with E-state index in [1.165, 1.54) is 0 Å². The van der Waals surface area contributed by atoms with Gasteiger partial charge in [0.25, 0.3) is 0 Å². The molecule has 6 heteroatoms. The molecule has 0 bridgehead atoms. The van der Waals surface area contributed by atoms with Crippen molar-refractivity contribution >= 4 is 17.4 Å². The first-order valence-electron chi connectivity index (χ1n) is 7.98. The average Bonchev–Trinajstić information content (AvgIpc) is 3.07. The highest BCUT2D eigenvalue weighted by molar-refractivity contribution is 7.09. The third-order valence-corrected chi connectivity index (χ3v) is 4.59. The highest BCUT2D eigenvalue weighted by Crippen LogP contribution is 2.24. The Bertz CT molecular complexity index is 470. The van der Waals surface area contributed by atoms with E-state index >= 15 is 0 Å². The molecule has 0 saturated carbocycles. The van der Waals surface area contributed by atoms with Gasteiger partial charge < -0.3 is 15.0 Å². The van der Waals surface area contributed by atoms with Crippen LogP contribution in [0.3, 0.4) is 0 Å². The van der Waals surface area contributed by atoms with E-state index in [-0.39, 0.29) is 6.09 Å². The Morgan fingerprint density at radius 1 is 1.59 bits per heavy atom. The number of thiazole rings is 1. The molecular formula is C16H27N3O2S. The van der Waals surface area contributed by atoms with E-state index < -0.39 is 5.60 Å². The van der Waals surface area contributed by atoms with Gasteiger partial charge in [0.15, 0.2) is 0 Å². The third kappa shape index (κ3) is 4.95. The molecule has 1 aromatic rings. The van der Waals surface area contributed by atoms with Crippen LogP contribution in [0, 0.1) is 5.92 Å². The van der Waals surface area contributed by atoms with E-state index in [4.69, 9.17) is 4.74 Å². The number of hydrogen-bond acceptors (Lipinski definition) is 5. The van der Waals surface area contributed by atoms with Crippen molar-refractivity contribution in [2.24, 2.45) is 5.92 Å². The molecule has 1 N–H and O–H groups in total. The number of ether oxygens (including phenoxy) is 1. The minimum absolute atomic E-state index is 0.195. The van der Waals surface area contributed by atoms with Crippen molar-refractivity contribution in [3.63, 3.8) is 0 Å². The summed E-state index contributed by atoms with van der Waals surface area (Å²) in [5.41, 5.74) is -0.433. The van der Waals surface area contributed by atoms with Gasteiger partial charge in [-0.25, -0.2) is 9.78 Å². The molecule has 1 aliphatic rings. The zero-order valence-corrected chi connectivity index (χ0v) is 14.8. The summed E-state index contributed by atoms with van der Waals surface area (Å²) in [6.45, 7) is 10.3. The molecule has 1 saturated heterocycles. The number of nitrogens with one attached hydrogen (secondary N) is 1. The van der Waals surface area contributed by atoms with Crippen LogP contribution in [0.2, 0.25) is 0 Å². The standard InChI is InChI=1S/C16H27N3O2S/c1-5-17-13(10-14-18-7-9-22-14)12-6-8-19(11-12)15(20)21-16(2,3)4/h7,9,12-13,17H,5-6,8,10-11H2,1-4H3. The summed E-state index contributed by atoms with van der Waals surface area (Å²) >= 11 is 1.69. The molecule has 0 spiro atoms. The van der Waals surface area contributed by atoms with Crippen molar-refractivity contribution in [2.45, 2.75) is 52.2 Å². The highest BCUT2D eigenvalue weighted by Gasteiger charge is 2.34. The third-order valence-electron chi connectivity index (χ3n) is 3.79. The van der Waals surface area contributed by atoms with Crippen molar-refractivity contribution in [1.29, 1.82) is 0 Å². The lowest BCUT2D eigenvalue weighted by Crippen LogP contribution is -2.41. The number of rotatable bonds is 5. The second-order valence-corrected chi connectivity index (χ2v) is 7.75. The van der Waals surface area contributed by atoms with Gasteiger partial charge in [0, 0.05) is 37.1 Å². The topological polar surface area (TPSA) is 54.5 Å². The first-order valence-corrected chi connectivity index (χ1v) is 8.86.